The number of hydrogen-bond donors (Lipinski definition) is 2. The van der Waals surface area contributed by atoms with Gasteiger partial charge in [0.15, 0.2) is 0 Å². The standard InChI is InChI=1S/C21H17ClFNO2/c22-18-9-7-15(19(23)12-18)8-10-21(26)24-20(13-25)17-6-5-14-3-1-2-4-16(14)11-17/h1-12,20,25H,13H2,(H,24,26)/t20-/m0/s1. The van der Waals surface area contributed by atoms with Gasteiger partial charge in [-0.05, 0) is 40.6 Å². The van der Waals surface area contributed by atoms with Crippen molar-refractivity contribution >= 4 is 34.4 Å². The minimum absolute atomic E-state index is 0.243. The molecule has 0 saturated heterocycles. The van der Waals surface area contributed by atoms with Crippen molar-refractivity contribution in [1.82, 2.24) is 5.32 Å². The fourth-order valence-electron chi connectivity index (χ4n) is 2.68. The van der Waals surface area contributed by atoms with E-state index in [1.807, 2.05) is 42.5 Å². The fourth-order valence-corrected chi connectivity index (χ4v) is 2.84. The van der Waals surface area contributed by atoms with Crippen LogP contribution in [0.3, 0.4) is 0 Å². The van der Waals surface area contributed by atoms with E-state index in [4.69, 9.17) is 11.6 Å². The topological polar surface area (TPSA) is 49.3 Å². The lowest BCUT2D eigenvalue weighted by Gasteiger charge is -2.16. The molecule has 0 heterocycles. The number of hydrogen-bond acceptors (Lipinski definition) is 2. The lowest BCUT2D eigenvalue weighted by Crippen LogP contribution is -2.29. The van der Waals surface area contributed by atoms with Gasteiger partial charge in [-0.25, -0.2) is 4.39 Å². The molecule has 0 unspecified atom stereocenters. The summed E-state index contributed by atoms with van der Waals surface area (Å²) in [7, 11) is 0. The van der Waals surface area contributed by atoms with Gasteiger partial charge in [0.05, 0.1) is 12.6 Å². The molecule has 132 valence electrons. The molecule has 0 bridgehead atoms. The minimum atomic E-state index is -0.549. The van der Waals surface area contributed by atoms with E-state index in [1.54, 1.807) is 6.07 Å². The van der Waals surface area contributed by atoms with Gasteiger partial charge in [0.1, 0.15) is 5.82 Å². The van der Waals surface area contributed by atoms with Crippen LogP contribution in [0, 0.1) is 5.82 Å². The number of fused-ring (bicyclic) bond motifs is 1. The second-order valence-electron chi connectivity index (χ2n) is 5.85. The van der Waals surface area contributed by atoms with Gasteiger partial charge in [-0.15, -0.1) is 0 Å². The Bertz CT molecular complexity index is 971. The highest BCUT2D eigenvalue weighted by atomic mass is 35.5. The first-order chi connectivity index (χ1) is 12.6. The summed E-state index contributed by atoms with van der Waals surface area (Å²) < 4.78 is 13.7. The molecular weight excluding hydrogens is 353 g/mol. The Labute approximate surface area is 155 Å². The zero-order valence-electron chi connectivity index (χ0n) is 13.8. The van der Waals surface area contributed by atoms with Crippen LogP contribution in [0.1, 0.15) is 17.2 Å². The largest absolute Gasteiger partial charge is 0.394 e. The Hall–Kier alpha value is -2.69. The second-order valence-corrected chi connectivity index (χ2v) is 6.29. The highest BCUT2D eigenvalue weighted by Gasteiger charge is 2.13. The van der Waals surface area contributed by atoms with Crippen molar-refractivity contribution < 1.29 is 14.3 Å². The summed E-state index contributed by atoms with van der Waals surface area (Å²) in [5.74, 6) is -0.929. The van der Waals surface area contributed by atoms with E-state index in [0.717, 1.165) is 16.3 Å². The number of amides is 1. The molecule has 0 saturated carbocycles. The molecule has 3 aromatic rings. The van der Waals surface area contributed by atoms with Crippen LogP contribution < -0.4 is 5.32 Å². The maximum atomic E-state index is 13.7. The van der Waals surface area contributed by atoms with Gasteiger partial charge < -0.3 is 10.4 Å². The van der Waals surface area contributed by atoms with Crippen molar-refractivity contribution in [2.45, 2.75) is 6.04 Å². The number of benzene rings is 3. The van der Waals surface area contributed by atoms with E-state index >= 15 is 0 Å². The van der Waals surface area contributed by atoms with Crippen molar-refractivity contribution in [2.24, 2.45) is 0 Å². The van der Waals surface area contributed by atoms with Crippen LogP contribution in [0.4, 0.5) is 4.39 Å². The number of halogens is 2. The van der Waals surface area contributed by atoms with Crippen LogP contribution in [0.25, 0.3) is 16.8 Å². The molecule has 2 N–H and O–H groups in total. The quantitative estimate of drug-likeness (QED) is 0.651. The predicted molar refractivity (Wildman–Crippen MR) is 102 cm³/mol. The molecule has 3 aromatic carbocycles. The van der Waals surface area contributed by atoms with E-state index in [0.29, 0.717) is 5.02 Å². The fraction of sp³-hybridized carbons (Fsp3) is 0.0952. The minimum Gasteiger partial charge on any atom is -0.394 e. The third kappa shape index (κ3) is 4.28. The van der Waals surface area contributed by atoms with Crippen LogP contribution >= 0.6 is 11.6 Å². The maximum absolute atomic E-state index is 13.7. The number of nitrogens with one attached hydrogen (secondary N) is 1. The van der Waals surface area contributed by atoms with Crippen LogP contribution in [0.15, 0.2) is 66.7 Å². The Kier molecular flexibility index (Phi) is 5.66. The van der Waals surface area contributed by atoms with Gasteiger partial charge in [0.2, 0.25) is 5.91 Å². The number of carbonyl (C=O) groups is 1. The molecule has 0 aliphatic carbocycles. The predicted octanol–water partition coefficient (Wildman–Crippen LogP) is 4.50. The smallest absolute Gasteiger partial charge is 0.244 e. The molecule has 0 aliphatic rings. The summed E-state index contributed by atoms with van der Waals surface area (Å²) in [6.07, 6.45) is 2.60. The maximum Gasteiger partial charge on any atom is 0.244 e. The molecule has 0 spiro atoms. The molecule has 0 fully saturated rings. The van der Waals surface area contributed by atoms with Gasteiger partial charge in [-0.1, -0.05) is 54.1 Å². The second kappa shape index (κ2) is 8.13. The number of aliphatic hydroxyl groups excluding tert-OH is 1. The zero-order valence-corrected chi connectivity index (χ0v) is 14.6. The highest BCUT2D eigenvalue weighted by molar-refractivity contribution is 6.30. The zero-order chi connectivity index (χ0) is 18.5. The van der Waals surface area contributed by atoms with Gasteiger partial charge >= 0.3 is 0 Å². The van der Waals surface area contributed by atoms with Crippen LogP contribution in [0.5, 0.6) is 0 Å². The molecule has 0 aromatic heterocycles. The number of rotatable bonds is 5. The van der Waals surface area contributed by atoms with Gasteiger partial charge in [0, 0.05) is 16.7 Å². The van der Waals surface area contributed by atoms with Crippen molar-refractivity contribution in [2.75, 3.05) is 6.61 Å². The first kappa shape index (κ1) is 18.1. The van der Waals surface area contributed by atoms with Crippen molar-refractivity contribution in [1.29, 1.82) is 0 Å². The van der Waals surface area contributed by atoms with Gasteiger partial charge in [0.25, 0.3) is 0 Å². The highest BCUT2D eigenvalue weighted by Crippen LogP contribution is 2.20. The Morgan fingerprint density at radius 3 is 2.62 bits per heavy atom. The lowest BCUT2D eigenvalue weighted by molar-refractivity contribution is -0.117. The van der Waals surface area contributed by atoms with E-state index in [2.05, 4.69) is 5.32 Å². The molecule has 3 nitrogen and oxygen atoms in total. The molecule has 5 heteroatoms. The van der Waals surface area contributed by atoms with Crippen LogP contribution in [-0.2, 0) is 4.79 Å². The van der Waals surface area contributed by atoms with E-state index < -0.39 is 17.8 Å². The summed E-state index contributed by atoms with van der Waals surface area (Å²) in [5.41, 5.74) is 1.06. The molecule has 0 radical (unpaired) electrons. The Balaban J connectivity index is 1.74. The van der Waals surface area contributed by atoms with Crippen molar-refractivity contribution in [3.8, 4) is 0 Å². The SMILES string of the molecule is O=C(C=Cc1ccc(Cl)cc1F)N[C@@H](CO)c1ccc2ccccc2c1. The molecule has 26 heavy (non-hydrogen) atoms. The van der Waals surface area contributed by atoms with Gasteiger partial charge in [-0.3, -0.25) is 4.79 Å². The summed E-state index contributed by atoms with van der Waals surface area (Å²) in [5, 5.41) is 14.8. The molecule has 0 aliphatic heterocycles. The average molecular weight is 370 g/mol. The van der Waals surface area contributed by atoms with Gasteiger partial charge in [-0.2, -0.15) is 0 Å². The molecule has 1 atom stereocenters. The van der Waals surface area contributed by atoms with Crippen molar-refractivity contribution in [3.63, 3.8) is 0 Å². The summed E-state index contributed by atoms with van der Waals surface area (Å²) in [6.45, 7) is -0.243. The van der Waals surface area contributed by atoms with E-state index in [1.165, 1.54) is 24.3 Å². The average Bonchev–Trinajstić information content (AvgIpc) is 2.65. The molecular formula is C21H17ClFNO2. The number of aliphatic hydroxyl groups is 1. The van der Waals surface area contributed by atoms with Crippen LogP contribution in [0.2, 0.25) is 5.02 Å². The summed E-state index contributed by atoms with van der Waals surface area (Å²) in [6, 6.07) is 17.3. The monoisotopic (exact) mass is 369 g/mol. The van der Waals surface area contributed by atoms with Crippen LogP contribution in [-0.4, -0.2) is 17.6 Å². The third-order valence-electron chi connectivity index (χ3n) is 4.05. The number of carbonyl (C=O) groups excluding carboxylic acids is 1. The Morgan fingerprint density at radius 2 is 1.88 bits per heavy atom. The van der Waals surface area contributed by atoms with E-state index in [9.17, 15) is 14.3 Å². The third-order valence-corrected chi connectivity index (χ3v) is 4.29. The Morgan fingerprint density at radius 1 is 1.12 bits per heavy atom. The first-order valence-electron chi connectivity index (χ1n) is 8.10. The normalized spacial score (nSPS) is 12.4. The summed E-state index contributed by atoms with van der Waals surface area (Å²) in [4.78, 5) is 12.1. The lowest BCUT2D eigenvalue weighted by atomic mass is 10.0. The van der Waals surface area contributed by atoms with Crippen molar-refractivity contribution in [3.05, 3.63) is 88.7 Å². The molecule has 3 rings (SSSR count). The molecule has 1 amide bonds. The first-order valence-corrected chi connectivity index (χ1v) is 8.48. The summed E-state index contributed by atoms with van der Waals surface area (Å²) >= 11 is 5.71. The van der Waals surface area contributed by atoms with E-state index in [-0.39, 0.29) is 12.2 Å².